The van der Waals surface area contributed by atoms with E-state index in [1.165, 1.54) is 18.4 Å². The highest BCUT2D eigenvalue weighted by Crippen LogP contribution is 2.27. The Balaban J connectivity index is 1.92. The molecule has 0 saturated heterocycles. The van der Waals surface area contributed by atoms with Crippen LogP contribution in [-0.2, 0) is 0 Å². The molecule has 0 fully saturated rings. The Labute approximate surface area is 131 Å². The third kappa shape index (κ3) is 3.14. The average Bonchev–Trinajstić information content (AvgIpc) is 3.06. The van der Waals surface area contributed by atoms with Crippen molar-refractivity contribution in [2.75, 3.05) is 11.9 Å². The summed E-state index contributed by atoms with van der Waals surface area (Å²) in [6.07, 6.45) is 0.681. The minimum Gasteiger partial charge on any atom is -0.467 e. The summed E-state index contributed by atoms with van der Waals surface area (Å²) in [6, 6.07) is 9.70. The molecule has 7 heteroatoms. The van der Waals surface area contributed by atoms with Gasteiger partial charge in [0.1, 0.15) is 11.9 Å². The van der Waals surface area contributed by atoms with Crippen LogP contribution in [0.2, 0.25) is 0 Å². The van der Waals surface area contributed by atoms with Crippen molar-refractivity contribution in [3.63, 3.8) is 0 Å². The molecule has 0 amide bonds. The van der Waals surface area contributed by atoms with Crippen molar-refractivity contribution in [3.05, 3.63) is 64.2 Å². The summed E-state index contributed by atoms with van der Waals surface area (Å²) in [5.41, 5.74) is 2.12. The lowest BCUT2D eigenvalue weighted by molar-refractivity contribution is -0.384. The molecule has 0 spiro atoms. The number of benzene rings is 1. The molecule has 2 N–H and O–H groups in total. The number of nitrogens with one attached hydrogen (secondary N) is 1. The van der Waals surface area contributed by atoms with E-state index < -0.39 is 11.0 Å². The van der Waals surface area contributed by atoms with Gasteiger partial charge in [-0.1, -0.05) is 0 Å². The molecule has 118 valence electrons. The molecule has 0 aliphatic carbocycles. The summed E-state index contributed by atoms with van der Waals surface area (Å²) in [7, 11) is 0. The number of nitro benzene ring substituents is 1. The summed E-state index contributed by atoms with van der Waals surface area (Å²) in [6.45, 7) is 2.06. The van der Waals surface area contributed by atoms with Gasteiger partial charge in [-0.25, -0.2) is 0 Å². The van der Waals surface area contributed by atoms with Crippen molar-refractivity contribution in [3.8, 4) is 0 Å². The van der Waals surface area contributed by atoms with Crippen molar-refractivity contribution < 1.29 is 14.4 Å². The Morgan fingerprint density at radius 1 is 1.39 bits per heavy atom. The Bertz CT molecular complexity index is 846. The fraction of sp³-hybridized carbons (Fsp3) is 0.188. The highest BCUT2D eigenvalue weighted by atomic mass is 16.6. The number of aromatic nitrogens is 1. The lowest BCUT2D eigenvalue weighted by Crippen LogP contribution is -2.12. The molecule has 1 aromatic carbocycles. The standard InChI is InChI=1S/C16H15N3O4/c1-10-7-14(17-9-15(20)16-3-2-6-23-16)12-8-11(19(21)22)4-5-13(12)18-10/h2-8,15,20H,9H2,1H3,(H,17,18). The third-order valence-corrected chi connectivity index (χ3v) is 3.49. The number of fused-ring (bicyclic) bond motifs is 1. The second kappa shape index (κ2) is 6.05. The summed E-state index contributed by atoms with van der Waals surface area (Å²) < 4.78 is 5.15. The second-order valence-corrected chi connectivity index (χ2v) is 5.18. The van der Waals surface area contributed by atoms with Gasteiger partial charge in [-0.2, -0.15) is 0 Å². The molecule has 1 unspecified atom stereocenters. The van der Waals surface area contributed by atoms with Crippen LogP contribution in [0.1, 0.15) is 17.6 Å². The number of non-ortho nitro benzene ring substituents is 1. The SMILES string of the molecule is Cc1cc(NCC(O)c2ccco2)c2cc([N+](=O)[O-])ccc2n1. The minimum absolute atomic E-state index is 0.00205. The maximum atomic E-state index is 11.0. The average molecular weight is 313 g/mol. The monoisotopic (exact) mass is 313 g/mol. The molecular weight excluding hydrogens is 298 g/mol. The van der Waals surface area contributed by atoms with E-state index in [0.29, 0.717) is 22.4 Å². The second-order valence-electron chi connectivity index (χ2n) is 5.18. The number of aliphatic hydroxyl groups is 1. The lowest BCUT2D eigenvalue weighted by atomic mass is 10.1. The number of aryl methyl sites for hydroxylation is 1. The van der Waals surface area contributed by atoms with Gasteiger partial charge in [0, 0.05) is 35.4 Å². The molecule has 1 atom stereocenters. The molecule has 0 radical (unpaired) electrons. The zero-order valence-corrected chi connectivity index (χ0v) is 12.4. The van der Waals surface area contributed by atoms with Gasteiger partial charge in [0.05, 0.1) is 16.7 Å². The first-order valence-corrected chi connectivity index (χ1v) is 7.06. The Morgan fingerprint density at radius 2 is 2.22 bits per heavy atom. The van der Waals surface area contributed by atoms with Crippen LogP contribution in [0.3, 0.4) is 0 Å². The first-order valence-electron chi connectivity index (χ1n) is 7.06. The summed E-state index contributed by atoms with van der Waals surface area (Å²) >= 11 is 0. The Morgan fingerprint density at radius 3 is 2.91 bits per heavy atom. The van der Waals surface area contributed by atoms with E-state index >= 15 is 0 Å². The molecule has 0 saturated carbocycles. The number of pyridine rings is 1. The van der Waals surface area contributed by atoms with Crippen LogP contribution < -0.4 is 5.32 Å². The molecule has 3 rings (SSSR count). The normalized spacial score (nSPS) is 12.3. The van der Waals surface area contributed by atoms with Crippen LogP contribution in [-0.4, -0.2) is 21.6 Å². The van der Waals surface area contributed by atoms with Gasteiger partial charge in [-0.15, -0.1) is 0 Å². The molecule has 3 aromatic rings. The van der Waals surface area contributed by atoms with E-state index in [2.05, 4.69) is 10.3 Å². The van der Waals surface area contributed by atoms with Gasteiger partial charge in [0.25, 0.3) is 5.69 Å². The van der Waals surface area contributed by atoms with Crippen molar-refractivity contribution in [1.82, 2.24) is 4.98 Å². The predicted molar refractivity (Wildman–Crippen MR) is 85.3 cm³/mol. The molecule has 23 heavy (non-hydrogen) atoms. The van der Waals surface area contributed by atoms with E-state index in [1.54, 1.807) is 24.3 Å². The van der Waals surface area contributed by atoms with E-state index in [9.17, 15) is 15.2 Å². The van der Waals surface area contributed by atoms with E-state index in [4.69, 9.17) is 4.42 Å². The van der Waals surface area contributed by atoms with Crippen LogP contribution >= 0.6 is 0 Å². The quantitative estimate of drug-likeness (QED) is 0.554. The first-order chi connectivity index (χ1) is 11.0. The van der Waals surface area contributed by atoms with Gasteiger partial charge in [0.2, 0.25) is 0 Å². The van der Waals surface area contributed by atoms with Crippen molar-refractivity contribution in [2.24, 2.45) is 0 Å². The zero-order chi connectivity index (χ0) is 16.4. The van der Waals surface area contributed by atoms with Crippen molar-refractivity contribution >= 4 is 22.3 Å². The Kier molecular flexibility index (Phi) is 3.94. The number of nitrogens with zero attached hydrogens (tertiary/aromatic N) is 2. The maximum Gasteiger partial charge on any atom is 0.270 e. The summed E-state index contributed by atoms with van der Waals surface area (Å²) in [4.78, 5) is 14.9. The summed E-state index contributed by atoms with van der Waals surface area (Å²) in [5, 5.41) is 24.8. The molecule has 0 aliphatic rings. The Hall–Kier alpha value is -2.93. The molecule has 7 nitrogen and oxygen atoms in total. The highest BCUT2D eigenvalue weighted by molar-refractivity contribution is 5.93. The van der Waals surface area contributed by atoms with Crippen molar-refractivity contribution in [1.29, 1.82) is 0 Å². The van der Waals surface area contributed by atoms with Crippen LogP contribution in [0.15, 0.2) is 47.1 Å². The van der Waals surface area contributed by atoms with E-state index in [0.717, 1.165) is 5.69 Å². The first kappa shape index (κ1) is 15.0. The van der Waals surface area contributed by atoms with Gasteiger partial charge in [0.15, 0.2) is 0 Å². The number of hydrogen-bond acceptors (Lipinski definition) is 6. The predicted octanol–water partition coefficient (Wildman–Crippen LogP) is 3.19. The van der Waals surface area contributed by atoms with E-state index in [1.807, 2.05) is 6.92 Å². The zero-order valence-electron chi connectivity index (χ0n) is 12.4. The fourth-order valence-corrected chi connectivity index (χ4v) is 2.39. The summed E-state index contributed by atoms with van der Waals surface area (Å²) in [5.74, 6) is 0.457. The van der Waals surface area contributed by atoms with Crippen LogP contribution in [0.4, 0.5) is 11.4 Å². The molecule has 2 aromatic heterocycles. The van der Waals surface area contributed by atoms with Crippen LogP contribution in [0.25, 0.3) is 10.9 Å². The number of anilines is 1. The van der Waals surface area contributed by atoms with Crippen LogP contribution in [0.5, 0.6) is 0 Å². The van der Waals surface area contributed by atoms with Gasteiger partial charge in [-0.05, 0) is 31.2 Å². The van der Waals surface area contributed by atoms with E-state index in [-0.39, 0.29) is 12.2 Å². The fourth-order valence-electron chi connectivity index (χ4n) is 2.39. The number of hydrogen-bond donors (Lipinski definition) is 2. The number of nitro groups is 1. The molecule has 2 heterocycles. The lowest BCUT2D eigenvalue weighted by Gasteiger charge is -2.13. The third-order valence-electron chi connectivity index (χ3n) is 3.49. The highest BCUT2D eigenvalue weighted by Gasteiger charge is 2.13. The maximum absolute atomic E-state index is 11.0. The van der Waals surface area contributed by atoms with Crippen LogP contribution in [0, 0.1) is 17.0 Å². The topological polar surface area (TPSA) is 101 Å². The molecule has 0 aliphatic heterocycles. The smallest absolute Gasteiger partial charge is 0.270 e. The van der Waals surface area contributed by atoms with Gasteiger partial charge >= 0.3 is 0 Å². The van der Waals surface area contributed by atoms with Gasteiger partial charge < -0.3 is 14.8 Å². The number of furan rings is 1. The minimum atomic E-state index is -0.813. The van der Waals surface area contributed by atoms with Crippen molar-refractivity contribution in [2.45, 2.75) is 13.0 Å². The van der Waals surface area contributed by atoms with Gasteiger partial charge in [-0.3, -0.25) is 15.1 Å². The number of aliphatic hydroxyl groups excluding tert-OH is 1. The largest absolute Gasteiger partial charge is 0.467 e. The molecular formula is C16H15N3O4. The molecule has 0 bridgehead atoms. The number of rotatable bonds is 5.